The Balaban J connectivity index is 1.72. The van der Waals surface area contributed by atoms with Gasteiger partial charge in [0.2, 0.25) is 0 Å². The largest absolute Gasteiger partial charge is 0.493 e. The highest BCUT2D eigenvalue weighted by Gasteiger charge is 2.49. The molecule has 1 aromatic carbocycles. The van der Waals surface area contributed by atoms with Crippen LogP contribution in [0.3, 0.4) is 0 Å². The number of hydrogen-bond donors (Lipinski definition) is 0. The summed E-state index contributed by atoms with van der Waals surface area (Å²) in [5, 5.41) is 0. The van der Waals surface area contributed by atoms with Gasteiger partial charge in [-0.3, -0.25) is 0 Å². The lowest BCUT2D eigenvalue weighted by atomic mass is 9.60. The molecule has 4 atom stereocenters. The highest BCUT2D eigenvalue weighted by Crippen LogP contribution is 2.54. The molecule has 1 aromatic rings. The first-order chi connectivity index (χ1) is 12.9. The molecule has 1 heterocycles. The van der Waals surface area contributed by atoms with Crippen molar-refractivity contribution in [3.8, 4) is 11.5 Å². The van der Waals surface area contributed by atoms with E-state index >= 15 is 0 Å². The molecule has 0 radical (unpaired) electrons. The number of benzene rings is 1. The summed E-state index contributed by atoms with van der Waals surface area (Å²) >= 11 is 0. The fourth-order valence-corrected chi connectivity index (χ4v) is 5.17. The Morgan fingerprint density at radius 3 is 2.74 bits per heavy atom. The predicted molar refractivity (Wildman–Crippen MR) is 105 cm³/mol. The second-order valence-electron chi connectivity index (χ2n) is 8.36. The maximum atomic E-state index is 12.6. The third kappa shape index (κ3) is 3.05. The van der Waals surface area contributed by atoms with Gasteiger partial charge in [-0.2, -0.15) is 0 Å². The van der Waals surface area contributed by atoms with Crippen molar-refractivity contribution >= 4 is 12.0 Å². The Morgan fingerprint density at radius 1 is 1.22 bits per heavy atom. The van der Waals surface area contributed by atoms with Crippen molar-refractivity contribution < 1.29 is 19.0 Å². The number of fused-ring (bicyclic) bond motifs is 2. The minimum atomic E-state index is -0.188. The SMILES string of the molecule is COc1ccc(/C=C2/C(=O)O[C@@H]3C[C@@]4(C)CCCC(C)C4=C[C@H]23)cc1OC. The molecule has 0 amide bonds. The number of carbonyl (C=O) groups is 1. The number of rotatable bonds is 3. The van der Waals surface area contributed by atoms with Gasteiger partial charge < -0.3 is 14.2 Å². The number of methoxy groups -OCH3 is 2. The van der Waals surface area contributed by atoms with Gasteiger partial charge in [0.25, 0.3) is 0 Å². The quantitative estimate of drug-likeness (QED) is 0.437. The van der Waals surface area contributed by atoms with Crippen molar-refractivity contribution in [3.63, 3.8) is 0 Å². The normalized spacial score (nSPS) is 33.8. The average Bonchev–Trinajstić information content (AvgIpc) is 2.94. The summed E-state index contributed by atoms with van der Waals surface area (Å²) in [7, 11) is 3.23. The second kappa shape index (κ2) is 6.74. The lowest BCUT2D eigenvalue weighted by Crippen LogP contribution is -2.38. The molecule has 144 valence electrons. The molecule has 0 N–H and O–H groups in total. The predicted octanol–water partition coefficient (Wildman–Crippen LogP) is 4.79. The molecule has 27 heavy (non-hydrogen) atoms. The van der Waals surface area contributed by atoms with Gasteiger partial charge in [-0.25, -0.2) is 4.79 Å². The molecule has 0 bridgehead atoms. The number of hydrogen-bond acceptors (Lipinski definition) is 4. The molecule has 4 rings (SSSR count). The Morgan fingerprint density at radius 2 is 2.00 bits per heavy atom. The molecule has 1 saturated heterocycles. The Labute approximate surface area is 161 Å². The summed E-state index contributed by atoms with van der Waals surface area (Å²) in [5.41, 5.74) is 3.37. The fourth-order valence-electron chi connectivity index (χ4n) is 5.17. The van der Waals surface area contributed by atoms with E-state index in [0.717, 1.165) is 17.6 Å². The summed E-state index contributed by atoms with van der Waals surface area (Å²) < 4.78 is 16.5. The fraction of sp³-hybridized carbons (Fsp3) is 0.522. The zero-order chi connectivity index (χ0) is 19.2. The van der Waals surface area contributed by atoms with E-state index in [9.17, 15) is 4.79 Å². The van der Waals surface area contributed by atoms with E-state index in [1.54, 1.807) is 14.2 Å². The van der Waals surface area contributed by atoms with Gasteiger partial charge in [-0.05, 0) is 54.4 Å². The molecule has 0 spiro atoms. The van der Waals surface area contributed by atoms with Crippen LogP contribution in [0, 0.1) is 17.3 Å². The molecule has 1 saturated carbocycles. The van der Waals surface area contributed by atoms with Crippen LogP contribution in [0.2, 0.25) is 0 Å². The first kappa shape index (κ1) is 18.1. The molecule has 4 heteroatoms. The van der Waals surface area contributed by atoms with Gasteiger partial charge in [0.15, 0.2) is 11.5 Å². The van der Waals surface area contributed by atoms with Gasteiger partial charge in [0.1, 0.15) is 6.10 Å². The minimum Gasteiger partial charge on any atom is -0.493 e. The number of ether oxygens (including phenoxy) is 3. The van der Waals surface area contributed by atoms with Crippen LogP contribution >= 0.6 is 0 Å². The molecule has 3 aliphatic rings. The topological polar surface area (TPSA) is 44.8 Å². The number of esters is 1. The standard InChI is InChI=1S/C23H28O4/c1-14-6-5-9-23(2)13-21-16(12-18(14)23)17(22(24)27-21)10-15-7-8-19(25-3)20(11-15)26-4/h7-8,10-12,14,16,21H,5-6,9,13H2,1-4H3/b17-10+/t14?,16-,21-,23-/m1/s1. The summed E-state index contributed by atoms with van der Waals surface area (Å²) in [6.07, 6.45) is 8.87. The summed E-state index contributed by atoms with van der Waals surface area (Å²) in [4.78, 5) is 12.6. The molecular weight excluding hydrogens is 340 g/mol. The van der Waals surface area contributed by atoms with Crippen molar-refractivity contribution in [1.82, 2.24) is 0 Å². The second-order valence-corrected chi connectivity index (χ2v) is 8.36. The van der Waals surface area contributed by atoms with E-state index in [1.165, 1.54) is 24.8 Å². The van der Waals surface area contributed by atoms with E-state index in [4.69, 9.17) is 14.2 Å². The highest BCUT2D eigenvalue weighted by atomic mass is 16.6. The first-order valence-electron chi connectivity index (χ1n) is 9.82. The number of carbonyl (C=O) groups excluding carboxylic acids is 1. The van der Waals surface area contributed by atoms with E-state index in [1.807, 2.05) is 24.3 Å². The van der Waals surface area contributed by atoms with Gasteiger partial charge in [-0.1, -0.05) is 38.0 Å². The maximum absolute atomic E-state index is 12.6. The highest BCUT2D eigenvalue weighted by molar-refractivity contribution is 5.97. The third-order valence-corrected chi connectivity index (χ3v) is 6.59. The molecule has 0 aromatic heterocycles. The van der Waals surface area contributed by atoms with E-state index in [-0.39, 0.29) is 23.4 Å². The molecule has 1 aliphatic heterocycles. The van der Waals surface area contributed by atoms with E-state index < -0.39 is 0 Å². The zero-order valence-electron chi connectivity index (χ0n) is 16.6. The van der Waals surface area contributed by atoms with E-state index in [2.05, 4.69) is 19.9 Å². The smallest absolute Gasteiger partial charge is 0.335 e. The van der Waals surface area contributed by atoms with E-state index in [0.29, 0.717) is 17.4 Å². The van der Waals surface area contributed by atoms with Crippen LogP contribution in [-0.4, -0.2) is 26.3 Å². The van der Waals surface area contributed by atoms with Crippen molar-refractivity contribution in [3.05, 3.63) is 41.0 Å². The van der Waals surface area contributed by atoms with Crippen LogP contribution in [0.5, 0.6) is 11.5 Å². The molecule has 2 aliphatic carbocycles. The zero-order valence-corrected chi connectivity index (χ0v) is 16.6. The van der Waals surface area contributed by atoms with Crippen LogP contribution in [0.15, 0.2) is 35.4 Å². The van der Waals surface area contributed by atoms with Crippen molar-refractivity contribution in [1.29, 1.82) is 0 Å². The number of allylic oxidation sites excluding steroid dienone is 1. The Hall–Kier alpha value is -2.23. The molecule has 2 fully saturated rings. The van der Waals surface area contributed by atoms with Crippen LogP contribution in [-0.2, 0) is 9.53 Å². The van der Waals surface area contributed by atoms with Crippen LogP contribution in [0.25, 0.3) is 6.08 Å². The van der Waals surface area contributed by atoms with Crippen LogP contribution in [0.4, 0.5) is 0 Å². The summed E-state index contributed by atoms with van der Waals surface area (Å²) in [6, 6.07) is 5.71. The van der Waals surface area contributed by atoms with Crippen molar-refractivity contribution in [2.45, 2.75) is 45.6 Å². The van der Waals surface area contributed by atoms with Crippen molar-refractivity contribution in [2.75, 3.05) is 14.2 Å². The van der Waals surface area contributed by atoms with Gasteiger partial charge in [-0.15, -0.1) is 0 Å². The third-order valence-electron chi connectivity index (χ3n) is 6.59. The van der Waals surface area contributed by atoms with Crippen LogP contribution in [0.1, 0.15) is 45.1 Å². The van der Waals surface area contributed by atoms with Gasteiger partial charge in [0.05, 0.1) is 14.2 Å². The lowest BCUT2D eigenvalue weighted by molar-refractivity contribution is -0.140. The monoisotopic (exact) mass is 368 g/mol. The minimum absolute atomic E-state index is 0.0389. The average molecular weight is 368 g/mol. The molecular formula is C23H28O4. The molecule has 4 nitrogen and oxygen atoms in total. The summed E-state index contributed by atoms with van der Waals surface area (Å²) in [5.74, 6) is 1.78. The van der Waals surface area contributed by atoms with Gasteiger partial charge in [0, 0.05) is 11.5 Å². The maximum Gasteiger partial charge on any atom is 0.335 e. The summed E-state index contributed by atoms with van der Waals surface area (Å²) in [6.45, 7) is 4.66. The van der Waals surface area contributed by atoms with Crippen LogP contribution < -0.4 is 9.47 Å². The Kier molecular flexibility index (Phi) is 4.53. The molecule has 1 unspecified atom stereocenters. The van der Waals surface area contributed by atoms with Crippen molar-refractivity contribution in [2.24, 2.45) is 17.3 Å². The Bertz CT molecular complexity index is 822. The lowest BCUT2D eigenvalue weighted by Gasteiger charge is -2.45. The first-order valence-corrected chi connectivity index (χ1v) is 9.82. The van der Waals surface area contributed by atoms with Gasteiger partial charge >= 0.3 is 5.97 Å².